The fourth-order valence-corrected chi connectivity index (χ4v) is 2.46. The molecule has 0 spiro atoms. The van der Waals surface area contributed by atoms with E-state index >= 15 is 0 Å². The Labute approximate surface area is 108 Å². The zero-order chi connectivity index (χ0) is 12.5. The van der Waals surface area contributed by atoms with E-state index in [9.17, 15) is 0 Å². The van der Waals surface area contributed by atoms with Crippen molar-refractivity contribution < 1.29 is 4.74 Å². The fourth-order valence-electron chi connectivity index (χ4n) is 2.46. The van der Waals surface area contributed by atoms with Gasteiger partial charge in [0.2, 0.25) is 0 Å². The largest absolute Gasteiger partial charge is 0.457 e. The molecule has 3 rings (SSSR count). The van der Waals surface area contributed by atoms with Gasteiger partial charge in [-0.2, -0.15) is 0 Å². The molecule has 0 unspecified atom stereocenters. The van der Waals surface area contributed by atoms with Crippen LogP contribution in [0.15, 0.2) is 60.2 Å². The number of fused-ring (bicyclic) bond motifs is 2. The maximum Gasteiger partial charge on any atom is 0.131 e. The third kappa shape index (κ3) is 1.82. The van der Waals surface area contributed by atoms with Crippen LogP contribution in [0, 0.1) is 0 Å². The topological polar surface area (TPSA) is 9.23 Å². The van der Waals surface area contributed by atoms with Gasteiger partial charge >= 0.3 is 0 Å². The van der Waals surface area contributed by atoms with Gasteiger partial charge in [0.05, 0.1) is 0 Å². The molecule has 0 saturated carbocycles. The summed E-state index contributed by atoms with van der Waals surface area (Å²) in [5.41, 5.74) is 3.82. The Hall–Kier alpha value is -2.02. The number of benzene rings is 2. The molecule has 90 valence electrons. The lowest BCUT2D eigenvalue weighted by molar-refractivity contribution is 0.454. The number of para-hydroxylation sites is 2. The van der Waals surface area contributed by atoms with Crippen LogP contribution in [0.4, 0.5) is 0 Å². The van der Waals surface area contributed by atoms with Gasteiger partial charge in [-0.15, -0.1) is 0 Å². The third-order valence-electron chi connectivity index (χ3n) is 3.23. The molecule has 18 heavy (non-hydrogen) atoms. The van der Waals surface area contributed by atoms with Crippen molar-refractivity contribution in [2.45, 2.75) is 19.8 Å². The smallest absolute Gasteiger partial charge is 0.131 e. The van der Waals surface area contributed by atoms with Crippen molar-refractivity contribution >= 4 is 0 Å². The molecule has 0 radical (unpaired) electrons. The highest BCUT2D eigenvalue weighted by atomic mass is 16.5. The highest BCUT2D eigenvalue weighted by Gasteiger charge is 2.24. The van der Waals surface area contributed by atoms with Crippen molar-refractivity contribution in [2.75, 3.05) is 0 Å². The Balaban J connectivity index is 2.20. The maximum atomic E-state index is 5.96. The van der Waals surface area contributed by atoms with Crippen molar-refractivity contribution in [3.63, 3.8) is 0 Å². The van der Waals surface area contributed by atoms with E-state index in [1.807, 2.05) is 24.3 Å². The van der Waals surface area contributed by atoms with Crippen LogP contribution in [0.1, 0.15) is 30.9 Å². The minimum absolute atomic E-state index is 0.302. The Kier molecular flexibility index (Phi) is 2.67. The van der Waals surface area contributed by atoms with Crippen molar-refractivity contribution in [2.24, 2.45) is 0 Å². The van der Waals surface area contributed by atoms with Crippen LogP contribution in [-0.2, 0) is 0 Å². The Bertz CT molecular complexity index is 561. The lowest BCUT2D eigenvalue weighted by Crippen LogP contribution is -2.08. The molecule has 0 bridgehead atoms. The molecule has 1 heterocycles. The lowest BCUT2D eigenvalue weighted by Gasteiger charge is -2.26. The summed E-state index contributed by atoms with van der Waals surface area (Å²) in [4.78, 5) is 0. The summed E-state index contributed by atoms with van der Waals surface area (Å²) in [5.74, 6) is 2.24. The van der Waals surface area contributed by atoms with Crippen LogP contribution < -0.4 is 4.74 Å². The molecule has 0 N–H and O–H groups in total. The SMILES string of the molecule is CC(C)=CC1c2ccccc2Oc2ccccc21. The average molecular weight is 236 g/mol. The van der Waals surface area contributed by atoms with Gasteiger partial charge in [0, 0.05) is 17.0 Å². The van der Waals surface area contributed by atoms with Crippen LogP contribution in [0.3, 0.4) is 0 Å². The molecule has 1 aliphatic rings. The minimum Gasteiger partial charge on any atom is -0.457 e. The molecule has 0 aromatic heterocycles. The molecule has 0 saturated heterocycles. The van der Waals surface area contributed by atoms with Crippen LogP contribution in [0.25, 0.3) is 0 Å². The predicted octanol–water partition coefficient (Wildman–Crippen LogP) is 4.89. The quantitative estimate of drug-likeness (QED) is 0.640. The summed E-state index contributed by atoms with van der Waals surface area (Å²) >= 11 is 0. The summed E-state index contributed by atoms with van der Waals surface area (Å²) in [6.45, 7) is 4.28. The number of hydrogen-bond donors (Lipinski definition) is 0. The zero-order valence-corrected chi connectivity index (χ0v) is 10.7. The van der Waals surface area contributed by atoms with E-state index in [-0.39, 0.29) is 0 Å². The van der Waals surface area contributed by atoms with Gasteiger partial charge in [-0.25, -0.2) is 0 Å². The first-order chi connectivity index (χ1) is 8.75. The molecule has 0 fully saturated rings. The average Bonchev–Trinajstić information content (AvgIpc) is 2.38. The highest BCUT2D eigenvalue weighted by molar-refractivity contribution is 5.55. The van der Waals surface area contributed by atoms with E-state index in [1.54, 1.807) is 0 Å². The molecular formula is C17H16O. The number of ether oxygens (including phenoxy) is 1. The van der Waals surface area contributed by atoms with Crippen molar-refractivity contribution in [1.29, 1.82) is 0 Å². The van der Waals surface area contributed by atoms with Crippen molar-refractivity contribution in [1.82, 2.24) is 0 Å². The van der Waals surface area contributed by atoms with Gasteiger partial charge in [-0.05, 0) is 26.0 Å². The molecule has 0 aliphatic carbocycles. The molecule has 0 atom stereocenters. The van der Waals surface area contributed by atoms with Crippen LogP contribution in [0.5, 0.6) is 11.5 Å². The van der Waals surface area contributed by atoms with Crippen LogP contribution >= 0.6 is 0 Å². The molecule has 2 aromatic rings. The molecule has 0 amide bonds. The van der Waals surface area contributed by atoms with Crippen molar-refractivity contribution in [3.8, 4) is 11.5 Å². The minimum atomic E-state index is 0.302. The maximum absolute atomic E-state index is 5.96. The van der Waals surface area contributed by atoms with E-state index < -0.39 is 0 Å². The Morgan fingerprint density at radius 3 is 1.89 bits per heavy atom. The van der Waals surface area contributed by atoms with Gasteiger partial charge < -0.3 is 4.74 Å². The van der Waals surface area contributed by atoms with Gasteiger partial charge in [0.15, 0.2) is 0 Å². The normalized spacial score (nSPS) is 13.2. The Morgan fingerprint density at radius 1 is 0.889 bits per heavy atom. The fraction of sp³-hybridized carbons (Fsp3) is 0.176. The number of hydrogen-bond acceptors (Lipinski definition) is 1. The molecule has 1 nitrogen and oxygen atoms in total. The first-order valence-electron chi connectivity index (χ1n) is 6.26. The van der Waals surface area contributed by atoms with E-state index in [0.717, 1.165) is 11.5 Å². The summed E-state index contributed by atoms with van der Waals surface area (Å²) < 4.78 is 5.96. The van der Waals surface area contributed by atoms with Gasteiger partial charge in [-0.1, -0.05) is 48.0 Å². The zero-order valence-electron chi connectivity index (χ0n) is 10.7. The van der Waals surface area contributed by atoms with Gasteiger partial charge in [-0.3, -0.25) is 0 Å². The molecule has 1 heteroatoms. The van der Waals surface area contributed by atoms with E-state index in [1.165, 1.54) is 16.7 Å². The molecular weight excluding hydrogens is 220 g/mol. The van der Waals surface area contributed by atoms with E-state index in [2.05, 4.69) is 44.2 Å². The van der Waals surface area contributed by atoms with Gasteiger partial charge in [0.25, 0.3) is 0 Å². The predicted molar refractivity (Wildman–Crippen MR) is 74.2 cm³/mol. The van der Waals surface area contributed by atoms with Crippen LogP contribution in [0.2, 0.25) is 0 Å². The first-order valence-corrected chi connectivity index (χ1v) is 6.26. The second kappa shape index (κ2) is 4.34. The van der Waals surface area contributed by atoms with Gasteiger partial charge in [0.1, 0.15) is 11.5 Å². The number of allylic oxidation sites excluding steroid dienone is 2. The summed E-state index contributed by atoms with van der Waals surface area (Å²) in [7, 11) is 0. The molecule has 2 aromatic carbocycles. The third-order valence-corrected chi connectivity index (χ3v) is 3.23. The summed E-state index contributed by atoms with van der Waals surface area (Å²) in [6.07, 6.45) is 2.31. The summed E-state index contributed by atoms with van der Waals surface area (Å²) in [5, 5.41) is 0. The molecule has 1 aliphatic heterocycles. The number of rotatable bonds is 1. The lowest BCUT2D eigenvalue weighted by atomic mass is 9.87. The van der Waals surface area contributed by atoms with E-state index in [4.69, 9.17) is 4.74 Å². The second-order valence-corrected chi connectivity index (χ2v) is 4.90. The van der Waals surface area contributed by atoms with Crippen LogP contribution in [-0.4, -0.2) is 0 Å². The first kappa shape index (κ1) is 11.1. The Morgan fingerprint density at radius 2 is 1.39 bits per heavy atom. The summed E-state index contributed by atoms with van der Waals surface area (Å²) in [6, 6.07) is 16.6. The van der Waals surface area contributed by atoms with E-state index in [0.29, 0.717) is 5.92 Å². The standard InChI is InChI=1S/C17H16O/c1-12(2)11-15-13-7-3-5-9-16(13)18-17-10-6-4-8-14(15)17/h3-11,15H,1-2H3. The monoisotopic (exact) mass is 236 g/mol. The highest BCUT2D eigenvalue weighted by Crippen LogP contribution is 2.44. The second-order valence-electron chi connectivity index (χ2n) is 4.90. The van der Waals surface area contributed by atoms with Crippen molar-refractivity contribution in [3.05, 3.63) is 71.3 Å².